The summed E-state index contributed by atoms with van der Waals surface area (Å²) in [6, 6.07) is 1.74. The number of fused-ring (bicyclic) bond motifs is 1. The van der Waals surface area contributed by atoms with Crippen LogP contribution in [0.25, 0.3) is 11.0 Å². The topological polar surface area (TPSA) is 70.4 Å². The van der Waals surface area contributed by atoms with Gasteiger partial charge in [0.25, 0.3) is 0 Å². The van der Waals surface area contributed by atoms with Gasteiger partial charge in [0.1, 0.15) is 11.2 Å². The molecule has 1 atom stereocenters. The molecule has 2 heterocycles. The Morgan fingerprint density at radius 1 is 1.28 bits per heavy atom. The third-order valence-corrected chi connectivity index (χ3v) is 11.6. The number of esters is 1. The molecule has 2 aromatic heterocycles. The normalized spacial score (nSPS) is 13.6. The van der Waals surface area contributed by atoms with E-state index in [1.165, 1.54) is 0 Å². The Hall–Kier alpha value is -1.51. The second-order valence-corrected chi connectivity index (χ2v) is 15.5. The van der Waals surface area contributed by atoms with Gasteiger partial charge in [-0.15, -0.1) is 0 Å². The van der Waals surface area contributed by atoms with Gasteiger partial charge in [-0.1, -0.05) is 50.5 Å². The third-order valence-electron chi connectivity index (χ3n) is 6.49. The van der Waals surface area contributed by atoms with Crippen molar-refractivity contribution in [2.75, 3.05) is 13.2 Å². The molecule has 0 spiro atoms. The quantitative estimate of drug-likeness (QED) is 0.240. The summed E-state index contributed by atoms with van der Waals surface area (Å²) in [4.78, 5) is 30.6. The fourth-order valence-corrected chi connectivity index (χ4v) is 4.84. The van der Waals surface area contributed by atoms with Crippen molar-refractivity contribution in [3.63, 3.8) is 0 Å². The largest absolute Gasteiger partial charge is 0.462 e. The summed E-state index contributed by atoms with van der Waals surface area (Å²) in [6.07, 6.45) is 1.61. The van der Waals surface area contributed by atoms with Crippen molar-refractivity contribution in [3.8, 4) is 0 Å². The predicted octanol–water partition coefficient (Wildman–Crippen LogP) is 6.00. The highest BCUT2D eigenvalue weighted by Crippen LogP contribution is 2.37. The Morgan fingerprint density at radius 2 is 1.91 bits per heavy atom. The number of hydrogen-bond donors (Lipinski definition) is 0. The molecule has 8 heteroatoms. The zero-order chi connectivity index (χ0) is 24.4. The minimum atomic E-state index is -1.99. The molecular formula is C24H37BrN2O4Si. The lowest BCUT2D eigenvalue weighted by atomic mass is 10.0. The number of halogens is 1. The zero-order valence-electron chi connectivity index (χ0n) is 20.8. The molecule has 0 bridgehead atoms. The van der Waals surface area contributed by atoms with Crippen molar-refractivity contribution in [1.29, 1.82) is 0 Å². The van der Waals surface area contributed by atoms with Crippen LogP contribution < -0.4 is 5.43 Å². The summed E-state index contributed by atoms with van der Waals surface area (Å²) in [7, 11) is -1.99. The number of hydrogen-bond acceptors (Lipinski definition) is 5. The van der Waals surface area contributed by atoms with Gasteiger partial charge in [-0.2, -0.15) is 0 Å². The smallest absolute Gasteiger partial charge is 0.343 e. The van der Waals surface area contributed by atoms with E-state index in [2.05, 4.69) is 63.6 Å². The van der Waals surface area contributed by atoms with Crippen LogP contribution in [0.15, 0.2) is 17.1 Å². The van der Waals surface area contributed by atoms with Crippen molar-refractivity contribution >= 4 is 41.3 Å². The number of carbonyl (C=O) groups is 1. The van der Waals surface area contributed by atoms with Gasteiger partial charge >= 0.3 is 5.97 Å². The van der Waals surface area contributed by atoms with E-state index in [9.17, 15) is 9.59 Å². The summed E-state index contributed by atoms with van der Waals surface area (Å²) in [5.41, 5.74) is 2.02. The van der Waals surface area contributed by atoms with Crippen LogP contribution in [-0.2, 0) is 14.5 Å². The second-order valence-electron chi connectivity index (χ2n) is 10.1. The van der Waals surface area contributed by atoms with E-state index in [-0.39, 0.29) is 34.6 Å². The number of ether oxygens (including phenoxy) is 1. The molecule has 0 saturated heterocycles. The van der Waals surface area contributed by atoms with E-state index < -0.39 is 14.3 Å². The lowest BCUT2D eigenvalue weighted by Gasteiger charge is -2.38. The summed E-state index contributed by atoms with van der Waals surface area (Å²) < 4.78 is 13.7. The molecule has 32 heavy (non-hydrogen) atoms. The Balaban J connectivity index is 2.74. The molecule has 178 valence electrons. The molecule has 0 amide bonds. The molecule has 2 rings (SSSR count). The van der Waals surface area contributed by atoms with Crippen LogP contribution in [0.4, 0.5) is 0 Å². The minimum Gasteiger partial charge on any atom is -0.462 e. The van der Waals surface area contributed by atoms with Crippen molar-refractivity contribution < 1.29 is 14.0 Å². The van der Waals surface area contributed by atoms with Crippen LogP contribution in [0.5, 0.6) is 0 Å². The fourth-order valence-electron chi connectivity index (χ4n) is 3.25. The predicted molar refractivity (Wildman–Crippen MR) is 136 cm³/mol. The maximum Gasteiger partial charge on any atom is 0.343 e. The first-order chi connectivity index (χ1) is 14.7. The molecule has 0 aliphatic heterocycles. The first-order valence-corrected chi connectivity index (χ1v) is 15.2. The van der Waals surface area contributed by atoms with E-state index in [0.717, 1.165) is 11.3 Å². The molecule has 6 nitrogen and oxygen atoms in total. The number of aryl methyl sites for hydroxylation is 1. The van der Waals surface area contributed by atoms with E-state index >= 15 is 0 Å². The molecule has 0 fully saturated rings. The molecule has 0 radical (unpaired) electrons. The number of rotatable bonds is 8. The lowest BCUT2D eigenvalue weighted by molar-refractivity contribution is 0.0523. The number of pyridine rings is 2. The number of alkyl halides is 1. The number of nitrogens with zero attached hydrogens (tertiary/aromatic N) is 2. The Bertz CT molecular complexity index is 1040. The van der Waals surface area contributed by atoms with E-state index in [1.807, 2.05) is 17.6 Å². The average Bonchev–Trinajstić information content (AvgIpc) is 2.68. The highest BCUT2D eigenvalue weighted by atomic mass is 79.9. The Morgan fingerprint density at radius 3 is 2.41 bits per heavy atom. The van der Waals surface area contributed by atoms with Gasteiger partial charge in [0, 0.05) is 17.2 Å². The molecule has 0 unspecified atom stereocenters. The minimum absolute atomic E-state index is 0.0310. The van der Waals surface area contributed by atoms with Gasteiger partial charge in [0.15, 0.2) is 8.32 Å². The van der Waals surface area contributed by atoms with Gasteiger partial charge in [-0.05, 0) is 49.5 Å². The van der Waals surface area contributed by atoms with E-state index in [4.69, 9.17) is 14.1 Å². The molecule has 2 aromatic rings. The van der Waals surface area contributed by atoms with Crippen LogP contribution in [0, 0.1) is 12.8 Å². The first-order valence-electron chi connectivity index (χ1n) is 11.2. The summed E-state index contributed by atoms with van der Waals surface area (Å²) in [5, 5.41) is 1.08. The monoisotopic (exact) mass is 524 g/mol. The maximum absolute atomic E-state index is 13.2. The maximum atomic E-state index is 13.2. The van der Waals surface area contributed by atoms with Gasteiger partial charge in [0.2, 0.25) is 5.43 Å². The summed E-state index contributed by atoms with van der Waals surface area (Å²) in [5.74, 6) is -0.416. The highest BCUT2D eigenvalue weighted by Gasteiger charge is 2.38. The lowest BCUT2D eigenvalue weighted by Crippen LogP contribution is -2.42. The second kappa shape index (κ2) is 10.2. The van der Waals surface area contributed by atoms with Crippen molar-refractivity contribution in [2.45, 2.75) is 78.0 Å². The molecule has 0 saturated carbocycles. The zero-order valence-corrected chi connectivity index (χ0v) is 23.4. The summed E-state index contributed by atoms with van der Waals surface area (Å²) >= 11 is 3.47. The number of carbonyl (C=O) groups excluding carboxylic acids is 1. The van der Waals surface area contributed by atoms with Gasteiger partial charge < -0.3 is 13.7 Å². The van der Waals surface area contributed by atoms with Crippen LogP contribution in [0.2, 0.25) is 18.1 Å². The van der Waals surface area contributed by atoms with Crippen molar-refractivity contribution in [3.05, 3.63) is 39.3 Å². The Kier molecular flexibility index (Phi) is 8.50. The average molecular weight is 526 g/mol. The number of aromatic nitrogens is 2. The van der Waals surface area contributed by atoms with Crippen molar-refractivity contribution in [2.24, 2.45) is 5.92 Å². The molecular weight excluding hydrogens is 488 g/mol. The van der Waals surface area contributed by atoms with Crippen molar-refractivity contribution in [1.82, 2.24) is 9.55 Å². The van der Waals surface area contributed by atoms with Gasteiger partial charge in [-0.25, -0.2) is 9.78 Å². The molecule has 0 aliphatic carbocycles. The highest BCUT2D eigenvalue weighted by molar-refractivity contribution is 9.08. The molecule has 0 aliphatic rings. The Labute approximate surface area is 201 Å². The van der Waals surface area contributed by atoms with Crippen LogP contribution in [-0.4, -0.2) is 37.1 Å². The summed E-state index contributed by atoms with van der Waals surface area (Å²) in [6.45, 7) is 19.7. The van der Waals surface area contributed by atoms with E-state index in [1.54, 1.807) is 13.1 Å². The SMILES string of the molecule is CCOC(=O)c1cn([C@H](CO[Si](C)(C)C(C)(C)C)C(C)C)c2nc(C)c(CBr)cc2c1=O. The van der Waals surface area contributed by atoms with Gasteiger partial charge in [-0.3, -0.25) is 4.79 Å². The molecule has 0 aromatic carbocycles. The fraction of sp³-hybridized carbons (Fsp3) is 0.625. The van der Waals surface area contributed by atoms with Crippen LogP contribution in [0.1, 0.15) is 69.2 Å². The standard InChI is InChI=1S/C24H37BrN2O4Si/c1-10-30-23(29)19-13-27(20(15(2)3)14-31-32(8,9)24(5,6)7)22-18(21(19)28)11-17(12-25)16(4)26-22/h11,13,15,20H,10,12,14H2,1-9H3/t20-/m1/s1. The first kappa shape index (κ1) is 26.7. The third kappa shape index (κ3) is 5.51. The van der Waals surface area contributed by atoms with Crippen LogP contribution in [0.3, 0.4) is 0 Å². The molecule has 0 N–H and O–H groups in total. The van der Waals surface area contributed by atoms with Gasteiger partial charge in [0.05, 0.1) is 24.6 Å². The van der Waals surface area contributed by atoms with Crippen LogP contribution >= 0.6 is 15.9 Å². The van der Waals surface area contributed by atoms with E-state index in [0.29, 0.717) is 23.0 Å².